The molecule has 0 saturated heterocycles. The number of allylic oxidation sites excluding steroid dienone is 1. The van der Waals surface area contributed by atoms with Gasteiger partial charge in [-0.2, -0.15) is 0 Å². The van der Waals surface area contributed by atoms with Crippen LogP contribution >= 0.6 is 25.3 Å². The topological polar surface area (TPSA) is 37.3 Å². The first-order chi connectivity index (χ1) is 6.57. The van der Waals surface area contributed by atoms with Crippen LogP contribution in [0.1, 0.15) is 5.56 Å². The van der Waals surface area contributed by atoms with Crippen molar-refractivity contribution in [1.29, 1.82) is 0 Å². The fourth-order valence-electron chi connectivity index (χ4n) is 0.839. The standard InChI is InChI=1S/C9H10O.CH2OS2/c1-2-5-8-6-3-4-7-9(8)10;2-1(3)4/h2-4,6-7,10H,1,5H2;(H2,2,3,4). The van der Waals surface area contributed by atoms with Crippen LogP contribution in [0.15, 0.2) is 36.9 Å². The average molecular weight is 228 g/mol. The maximum atomic E-state index is 9.19. The largest absolute Gasteiger partial charge is 0.508 e. The summed E-state index contributed by atoms with van der Waals surface area (Å²) in [5, 5.41) is 9.19. The van der Waals surface area contributed by atoms with E-state index in [-0.39, 0.29) is 0 Å². The quantitative estimate of drug-likeness (QED) is 0.537. The van der Waals surface area contributed by atoms with Crippen LogP contribution in [-0.2, 0) is 6.42 Å². The number of rotatable bonds is 2. The summed E-state index contributed by atoms with van der Waals surface area (Å²) < 4.78 is -0.444. The van der Waals surface area contributed by atoms with Gasteiger partial charge in [0.15, 0.2) is 0 Å². The van der Waals surface area contributed by atoms with Crippen molar-refractivity contribution in [2.75, 3.05) is 0 Å². The second-order valence-corrected chi connectivity index (χ2v) is 3.57. The van der Waals surface area contributed by atoms with Gasteiger partial charge in [0.05, 0.1) is 0 Å². The van der Waals surface area contributed by atoms with Crippen molar-refractivity contribution in [2.24, 2.45) is 0 Å². The molecule has 2 nitrogen and oxygen atoms in total. The fourth-order valence-corrected chi connectivity index (χ4v) is 0.839. The Bertz CT molecular complexity index is 307. The molecule has 0 heterocycles. The summed E-state index contributed by atoms with van der Waals surface area (Å²) in [6.45, 7) is 3.59. The van der Waals surface area contributed by atoms with Crippen LogP contribution in [0.2, 0.25) is 0 Å². The van der Waals surface area contributed by atoms with Gasteiger partial charge in [0.1, 0.15) is 5.75 Å². The van der Waals surface area contributed by atoms with Crippen molar-refractivity contribution in [3.63, 3.8) is 0 Å². The first-order valence-corrected chi connectivity index (χ1v) is 4.77. The predicted molar refractivity (Wildman–Crippen MR) is 65.4 cm³/mol. The molecule has 76 valence electrons. The van der Waals surface area contributed by atoms with Crippen LogP contribution in [0.25, 0.3) is 0 Å². The van der Waals surface area contributed by atoms with Crippen LogP contribution in [0.3, 0.4) is 0 Å². The van der Waals surface area contributed by atoms with E-state index in [1.165, 1.54) is 0 Å². The number of aromatic hydroxyl groups is 1. The van der Waals surface area contributed by atoms with Gasteiger partial charge in [-0.3, -0.25) is 4.79 Å². The van der Waals surface area contributed by atoms with Crippen molar-refractivity contribution >= 4 is 29.7 Å². The van der Waals surface area contributed by atoms with Crippen LogP contribution in [-0.4, -0.2) is 9.55 Å². The molecular formula is C10H12O2S2. The van der Waals surface area contributed by atoms with E-state index in [0.29, 0.717) is 5.75 Å². The van der Waals surface area contributed by atoms with Gasteiger partial charge in [-0.25, -0.2) is 0 Å². The number of carbonyl (C=O) groups excluding carboxylic acids is 1. The first kappa shape index (κ1) is 13.1. The van der Waals surface area contributed by atoms with E-state index >= 15 is 0 Å². The number of hydrogen-bond donors (Lipinski definition) is 3. The van der Waals surface area contributed by atoms with Gasteiger partial charge in [-0.05, 0) is 18.1 Å². The second-order valence-electron chi connectivity index (χ2n) is 2.40. The molecule has 0 aliphatic heterocycles. The van der Waals surface area contributed by atoms with Crippen LogP contribution in [0.5, 0.6) is 5.75 Å². The molecule has 0 radical (unpaired) electrons. The minimum atomic E-state index is -0.444. The van der Waals surface area contributed by atoms with E-state index in [1.54, 1.807) is 12.1 Å². The molecule has 14 heavy (non-hydrogen) atoms. The molecule has 1 rings (SSSR count). The summed E-state index contributed by atoms with van der Waals surface area (Å²) >= 11 is 6.38. The highest BCUT2D eigenvalue weighted by Gasteiger charge is 1.93. The Hall–Kier alpha value is -0.870. The summed E-state index contributed by atoms with van der Waals surface area (Å²) in [6.07, 6.45) is 2.50. The zero-order chi connectivity index (χ0) is 11.0. The molecule has 0 spiro atoms. The van der Waals surface area contributed by atoms with Crippen molar-refractivity contribution in [3.05, 3.63) is 42.5 Å². The Morgan fingerprint density at radius 3 is 2.36 bits per heavy atom. The summed E-state index contributed by atoms with van der Waals surface area (Å²) in [7, 11) is 0. The highest BCUT2D eigenvalue weighted by molar-refractivity contribution is 8.23. The van der Waals surface area contributed by atoms with E-state index in [0.717, 1.165) is 12.0 Å². The monoisotopic (exact) mass is 228 g/mol. The molecule has 0 bridgehead atoms. The molecule has 4 heteroatoms. The summed E-state index contributed by atoms with van der Waals surface area (Å²) in [6, 6.07) is 7.27. The molecule has 1 aromatic rings. The maximum Gasteiger partial charge on any atom is 0.239 e. The third-order valence-electron chi connectivity index (χ3n) is 1.36. The number of thiol groups is 2. The third kappa shape index (κ3) is 6.62. The van der Waals surface area contributed by atoms with Crippen molar-refractivity contribution < 1.29 is 9.90 Å². The van der Waals surface area contributed by atoms with Gasteiger partial charge >= 0.3 is 0 Å². The molecule has 1 aromatic carbocycles. The Kier molecular flexibility index (Phi) is 7.06. The lowest BCUT2D eigenvalue weighted by molar-refractivity contribution is 0.277. The third-order valence-corrected chi connectivity index (χ3v) is 1.36. The maximum absolute atomic E-state index is 9.19. The fraction of sp³-hybridized carbons (Fsp3) is 0.100. The average Bonchev–Trinajstić information content (AvgIpc) is 2.08. The molecule has 0 saturated carbocycles. The van der Waals surface area contributed by atoms with Gasteiger partial charge in [0.25, 0.3) is 0 Å². The zero-order valence-corrected chi connectivity index (χ0v) is 9.34. The van der Waals surface area contributed by atoms with Crippen LogP contribution in [0.4, 0.5) is 4.79 Å². The summed E-state index contributed by atoms with van der Waals surface area (Å²) in [4.78, 5) is 9.17. The molecule has 0 unspecified atom stereocenters. The zero-order valence-electron chi connectivity index (χ0n) is 7.55. The smallest absolute Gasteiger partial charge is 0.239 e. The number of phenols is 1. The number of para-hydroxylation sites is 1. The predicted octanol–water partition coefficient (Wildman–Crippen LogP) is 3.09. The van der Waals surface area contributed by atoms with E-state index in [1.807, 2.05) is 18.2 Å². The van der Waals surface area contributed by atoms with Crippen molar-refractivity contribution in [2.45, 2.75) is 6.42 Å². The Balaban J connectivity index is 0.000000364. The molecule has 0 amide bonds. The lowest BCUT2D eigenvalue weighted by atomic mass is 10.1. The van der Waals surface area contributed by atoms with Crippen LogP contribution in [0, 0.1) is 0 Å². The molecular weight excluding hydrogens is 216 g/mol. The van der Waals surface area contributed by atoms with Crippen molar-refractivity contribution in [3.8, 4) is 5.75 Å². The van der Waals surface area contributed by atoms with E-state index in [2.05, 4.69) is 31.8 Å². The summed E-state index contributed by atoms with van der Waals surface area (Å²) in [5.41, 5.74) is 0.928. The van der Waals surface area contributed by atoms with Crippen LogP contribution < -0.4 is 0 Å². The number of carbonyl (C=O) groups is 1. The van der Waals surface area contributed by atoms with Gasteiger partial charge in [-0.15, -0.1) is 6.58 Å². The lowest BCUT2D eigenvalue weighted by Crippen LogP contribution is -1.79. The van der Waals surface area contributed by atoms with E-state index in [4.69, 9.17) is 0 Å². The summed E-state index contributed by atoms with van der Waals surface area (Å²) in [5.74, 6) is 0.349. The van der Waals surface area contributed by atoms with E-state index < -0.39 is 4.45 Å². The molecule has 0 aliphatic carbocycles. The molecule has 0 atom stereocenters. The number of benzene rings is 1. The van der Waals surface area contributed by atoms with Gasteiger partial charge < -0.3 is 5.11 Å². The van der Waals surface area contributed by atoms with Crippen molar-refractivity contribution in [1.82, 2.24) is 0 Å². The highest BCUT2D eigenvalue weighted by atomic mass is 32.2. The molecule has 0 aromatic heterocycles. The minimum absolute atomic E-state index is 0.349. The minimum Gasteiger partial charge on any atom is -0.508 e. The normalized spacial score (nSPS) is 8.43. The van der Waals surface area contributed by atoms with Gasteiger partial charge in [-0.1, -0.05) is 49.5 Å². The van der Waals surface area contributed by atoms with Gasteiger partial charge in [0, 0.05) is 0 Å². The molecule has 0 aliphatic rings. The second kappa shape index (κ2) is 7.53. The highest BCUT2D eigenvalue weighted by Crippen LogP contribution is 2.15. The number of hydrogen-bond acceptors (Lipinski definition) is 2. The first-order valence-electron chi connectivity index (χ1n) is 3.87. The lowest BCUT2D eigenvalue weighted by Gasteiger charge is -1.97. The Morgan fingerprint density at radius 1 is 1.43 bits per heavy atom. The number of phenolic OH excluding ortho intramolecular Hbond substituents is 1. The SMILES string of the molecule is C=CCc1ccccc1O.O=C(S)S. The molecule has 0 fully saturated rings. The van der Waals surface area contributed by atoms with Gasteiger partial charge in [0.2, 0.25) is 4.45 Å². The molecule has 1 N–H and O–H groups in total. The Labute approximate surface area is 94.5 Å². The Morgan fingerprint density at radius 2 is 1.93 bits per heavy atom. The van der Waals surface area contributed by atoms with E-state index in [9.17, 15) is 9.90 Å².